The second kappa shape index (κ2) is 10.1. The monoisotopic (exact) mass is 511 g/mol. The molecule has 1 N–H and O–H groups in total. The number of alkyl halides is 3. The maximum atomic E-state index is 12.8. The SMILES string of the molecule is O=C(Nc1ccc(OC2CCN(C(=O)c3ccc(C(F)(F)F)cc3)C2)cc1)C1CN(c2cccnn2)C1. The van der Waals surface area contributed by atoms with Gasteiger partial charge in [-0.25, -0.2) is 0 Å². The molecule has 2 aliphatic heterocycles. The van der Waals surface area contributed by atoms with E-state index in [0.29, 0.717) is 44.0 Å². The van der Waals surface area contributed by atoms with Gasteiger partial charge in [-0.15, -0.1) is 5.10 Å². The van der Waals surface area contributed by atoms with Crippen LogP contribution in [0.1, 0.15) is 22.3 Å². The fourth-order valence-corrected chi connectivity index (χ4v) is 4.34. The molecule has 3 heterocycles. The summed E-state index contributed by atoms with van der Waals surface area (Å²) >= 11 is 0. The number of rotatable bonds is 6. The lowest BCUT2D eigenvalue weighted by molar-refractivity contribution is -0.137. The van der Waals surface area contributed by atoms with Gasteiger partial charge < -0.3 is 19.9 Å². The zero-order chi connectivity index (χ0) is 26.0. The number of carbonyl (C=O) groups is 2. The molecule has 1 atom stereocenters. The highest BCUT2D eigenvalue weighted by atomic mass is 19.4. The topological polar surface area (TPSA) is 87.7 Å². The lowest BCUT2D eigenvalue weighted by Gasteiger charge is -2.38. The summed E-state index contributed by atoms with van der Waals surface area (Å²) in [7, 11) is 0. The number of amides is 2. The quantitative estimate of drug-likeness (QED) is 0.541. The van der Waals surface area contributed by atoms with Crippen LogP contribution in [0.3, 0.4) is 0 Å². The summed E-state index contributed by atoms with van der Waals surface area (Å²) < 4.78 is 44.3. The van der Waals surface area contributed by atoms with Crippen molar-refractivity contribution in [2.75, 3.05) is 36.4 Å². The van der Waals surface area contributed by atoms with E-state index in [4.69, 9.17) is 4.74 Å². The molecule has 5 rings (SSSR count). The minimum absolute atomic E-state index is 0.0676. The number of carbonyl (C=O) groups excluding carboxylic acids is 2. The fraction of sp³-hybridized carbons (Fsp3) is 0.308. The molecule has 0 spiro atoms. The zero-order valence-electron chi connectivity index (χ0n) is 19.7. The van der Waals surface area contributed by atoms with Crippen LogP contribution in [0.2, 0.25) is 0 Å². The van der Waals surface area contributed by atoms with Crippen molar-refractivity contribution < 1.29 is 27.5 Å². The molecule has 0 saturated carbocycles. The Labute approximate surface area is 211 Å². The van der Waals surface area contributed by atoms with Gasteiger partial charge >= 0.3 is 6.18 Å². The van der Waals surface area contributed by atoms with E-state index in [0.717, 1.165) is 18.0 Å². The maximum Gasteiger partial charge on any atom is 0.416 e. The number of likely N-dealkylation sites (tertiary alicyclic amines) is 1. The Morgan fingerprint density at radius 1 is 0.973 bits per heavy atom. The molecule has 2 aromatic carbocycles. The summed E-state index contributed by atoms with van der Waals surface area (Å²) in [5.41, 5.74) is 0.0730. The highest BCUT2D eigenvalue weighted by Gasteiger charge is 2.34. The predicted molar refractivity (Wildman–Crippen MR) is 129 cm³/mol. The van der Waals surface area contributed by atoms with Crippen molar-refractivity contribution in [1.29, 1.82) is 0 Å². The first-order valence-electron chi connectivity index (χ1n) is 11.8. The van der Waals surface area contributed by atoms with Crippen molar-refractivity contribution in [3.8, 4) is 5.75 Å². The number of hydrogen-bond donors (Lipinski definition) is 1. The average molecular weight is 512 g/mol. The van der Waals surface area contributed by atoms with E-state index in [1.165, 1.54) is 12.1 Å². The molecule has 37 heavy (non-hydrogen) atoms. The van der Waals surface area contributed by atoms with Gasteiger partial charge in [0, 0.05) is 43.5 Å². The van der Waals surface area contributed by atoms with Gasteiger partial charge in [-0.3, -0.25) is 9.59 Å². The van der Waals surface area contributed by atoms with Crippen LogP contribution in [0.15, 0.2) is 66.9 Å². The van der Waals surface area contributed by atoms with Gasteiger partial charge in [-0.2, -0.15) is 18.3 Å². The molecule has 0 bridgehead atoms. The molecule has 2 aliphatic rings. The first-order valence-corrected chi connectivity index (χ1v) is 11.8. The van der Waals surface area contributed by atoms with Gasteiger partial charge in [0.05, 0.1) is 18.0 Å². The first-order chi connectivity index (χ1) is 17.8. The van der Waals surface area contributed by atoms with Gasteiger partial charge in [0.15, 0.2) is 5.82 Å². The van der Waals surface area contributed by atoms with Crippen LogP contribution < -0.4 is 15.0 Å². The number of ether oxygens (including phenoxy) is 1. The van der Waals surface area contributed by atoms with Crippen LogP contribution in [-0.2, 0) is 11.0 Å². The Morgan fingerprint density at radius 3 is 2.35 bits per heavy atom. The van der Waals surface area contributed by atoms with Gasteiger partial charge in [-0.05, 0) is 60.7 Å². The third kappa shape index (κ3) is 5.65. The molecular weight excluding hydrogens is 487 g/mol. The maximum absolute atomic E-state index is 12.8. The summed E-state index contributed by atoms with van der Waals surface area (Å²) in [4.78, 5) is 28.8. The average Bonchev–Trinajstić information content (AvgIpc) is 3.32. The number of anilines is 2. The Balaban J connectivity index is 1.09. The molecular formula is C26H24F3N5O3. The molecule has 192 valence electrons. The number of hydrogen-bond acceptors (Lipinski definition) is 6. The summed E-state index contributed by atoms with van der Waals surface area (Å²) in [5.74, 6) is 0.822. The minimum atomic E-state index is -4.44. The number of nitrogens with one attached hydrogen (secondary N) is 1. The molecule has 0 aliphatic carbocycles. The minimum Gasteiger partial charge on any atom is -0.489 e. The Kier molecular flexibility index (Phi) is 6.68. The fourth-order valence-electron chi connectivity index (χ4n) is 4.34. The van der Waals surface area contributed by atoms with Crippen molar-refractivity contribution >= 4 is 23.3 Å². The third-order valence-corrected chi connectivity index (χ3v) is 6.45. The van der Waals surface area contributed by atoms with Crippen molar-refractivity contribution in [2.24, 2.45) is 5.92 Å². The third-order valence-electron chi connectivity index (χ3n) is 6.45. The zero-order valence-corrected chi connectivity index (χ0v) is 19.7. The second-order valence-corrected chi connectivity index (χ2v) is 9.05. The van der Waals surface area contributed by atoms with E-state index in [2.05, 4.69) is 15.5 Å². The van der Waals surface area contributed by atoms with Gasteiger partial charge in [-0.1, -0.05) is 0 Å². The molecule has 0 radical (unpaired) electrons. The summed E-state index contributed by atoms with van der Waals surface area (Å²) in [6.45, 7) is 1.94. The van der Waals surface area contributed by atoms with Crippen molar-refractivity contribution in [2.45, 2.75) is 18.7 Å². The van der Waals surface area contributed by atoms with Crippen molar-refractivity contribution in [3.05, 3.63) is 78.0 Å². The van der Waals surface area contributed by atoms with Crippen LogP contribution in [0.4, 0.5) is 24.7 Å². The normalized spacial score (nSPS) is 17.9. The standard InChI is InChI=1S/C26H24F3N5O3/c27-26(28,29)19-5-3-17(4-6-19)25(36)33-13-11-22(16-33)37-21-9-7-20(8-10-21)31-24(35)18-14-34(15-18)23-2-1-12-30-32-23/h1-10,12,18,22H,11,13-16H2,(H,31,35). The highest BCUT2D eigenvalue weighted by molar-refractivity contribution is 5.95. The largest absolute Gasteiger partial charge is 0.489 e. The number of nitrogens with zero attached hydrogens (tertiary/aromatic N) is 4. The van der Waals surface area contributed by atoms with Crippen LogP contribution in [0.25, 0.3) is 0 Å². The summed E-state index contributed by atoms with van der Waals surface area (Å²) in [6.07, 6.45) is -2.47. The van der Waals surface area contributed by atoms with E-state index in [1.54, 1.807) is 41.4 Å². The van der Waals surface area contributed by atoms with Crippen LogP contribution >= 0.6 is 0 Å². The van der Waals surface area contributed by atoms with E-state index in [1.807, 2.05) is 11.0 Å². The van der Waals surface area contributed by atoms with E-state index in [9.17, 15) is 22.8 Å². The summed E-state index contributed by atoms with van der Waals surface area (Å²) in [5, 5.41) is 10.8. The van der Waals surface area contributed by atoms with Crippen molar-refractivity contribution in [3.63, 3.8) is 0 Å². The molecule has 2 amide bonds. The van der Waals surface area contributed by atoms with E-state index < -0.39 is 11.7 Å². The van der Waals surface area contributed by atoms with Crippen molar-refractivity contribution in [1.82, 2.24) is 15.1 Å². The molecule has 1 aromatic heterocycles. The smallest absolute Gasteiger partial charge is 0.416 e. The Morgan fingerprint density at radius 2 is 1.70 bits per heavy atom. The number of benzene rings is 2. The Hall–Kier alpha value is -4.15. The molecule has 2 fully saturated rings. The van der Waals surface area contributed by atoms with Crippen LogP contribution in [-0.4, -0.2) is 59.2 Å². The van der Waals surface area contributed by atoms with Gasteiger partial charge in [0.25, 0.3) is 5.91 Å². The Bertz CT molecular complexity index is 1250. The number of halogens is 3. The second-order valence-electron chi connectivity index (χ2n) is 9.05. The predicted octanol–water partition coefficient (Wildman–Crippen LogP) is 3.86. The van der Waals surface area contributed by atoms with Gasteiger partial charge in [0.2, 0.25) is 5.91 Å². The summed E-state index contributed by atoms with van der Waals surface area (Å²) in [6, 6.07) is 14.9. The molecule has 11 heteroatoms. The van der Waals surface area contributed by atoms with Gasteiger partial charge in [0.1, 0.15) is 11.9 Å². The highest BCUT2D eigenvalue weighted by Crippen LogP contribution is 2.30. The lowest BCUT2D eigenvalue weighted by Crippen LogP contribution is -2.52. The first kappa shape index (κ1) is 24.5. The number of aromatic nitrogens is 2. The molecule has 2 saturated heterocycles. The van der Waals surface area contributed by atoms with E-state index >= 15 is 0 Å². The molecule has 1 unspecified atom stereocenters. The van der Waals surface area contributed by atoms with E-state index in [-0.39, 0.29) is 29.4 Å². The van der Waals surface area contributed by atoms with Crippen LogP contribution in [0.5, 0.6) is 5.75 Å². The lowest BCUT2D eigenvalue weighted by atomic mass is 9.99. The molecule has 8 nitrogen and oxygen atoms in total. The molecule has 3 aromatic rings. The van der Waals surface area contributed by atoms with Crippen LogP contribution in [0, 0.1) is 5.92 Å².